The van der Waals surface area contributed by atoms with Crippen LogP contribution < -0.4 is 0 Å². The highest BCUT2D eigenvalue weighted by molar-refractivity contribution is 5.94. The number of carbonyl (C=O) groups excluding carboxylic acids is 1. The van der Waals surface area contributed by atoms with Crippen LogP contribution in [0.25, 0.3) is 11.1 Å². The average Bonchev–Trinajstić information content (AvgIpc) is 2.74. The van der Waals surface area contributed by atoms with Crippen molar-refractivity contribution in [3.05, 3.63) is 59.4 Å². The molecule has 0 atom stereocenters. The van der Waals surface area contributed by atoms with Crippen molar-refractivity contribution in [2.75, 3.05) is 6.61 Å². The Morgan fingerprint density at radius 2 is 1.72 bits per heavy atom. The second kappa shape index (κ2) is 10.7. The highest BCUT2D eigenvalue weighted by Gasteiger charge is 2.23. The molecule has 29 heavy (non-hydrogen) atoms. The summed E-state index contributed by atoms with van der Waals surface area (Å²) in [6.45, 7) is 4.64. The van der Waals surface area contributed by atoms with Crippen LogP contribution in [0.3, 0.4) is 0 Å². The molecule has 2 aromatic rings. The zero-order chi connectivity index (χ0) is 20.6. The highest BCUT2D eigenvalue weighted by Crippen LogP contribution is 2.36. The Labute approximate surface area is 174 Å². The molecule has 0 N–H and O–H groups in total. The fourth-order valence-corrected chi connectivity index (χ4v) is 4.25. The average molecular weight is 397 g/mol. The number of carbonyl (C=O) groups is 1. The summed E-state index contributed by atoms with van der Waals surface area (Å²) in [6, 6.07) is 12.8. The molecule has 0 aliphatic heterocycles. The van der Waals surface area contributed by atoms with Gasteiger partial charge in [-0.3, -0.25) is 4.79 Å². The smallest absolute Gasteiger partial charge is 0.159 e. The van der Waals surface area contributed by atoms with Crippen LogP contribution in [0, 0.1) is 5.82 Å². The quantitative estimate of drug-likeness (QED) is 0.328. The molecular weight excluding hydrogens is 363 g/mol. The molecular formula is C26H33FO2. The molecule has 0 spiro atoms. The van der Waals surface area contributed by atoms with Crippen LogP contribution in [-0.2, 0) is 4.74 Å². The van der Waals surface area contributed by atoms with Crippen LogP contribution in [0.5, 0.6) is 0 Å². The fraction of sp³-hybridized carbons (Fsp3) is 0.500. The number of hydrogen-bond acceptors (Lipinski definition) is 2. The van der Waals surface area contributed by atoms with E-state index in [1.54, 1.807) is 18.2 Å². The summed E-state index contributed by atoms with van der Waals surface area (Å²) >= 11 is 0. The first kappa shape index (κ1) is 21.7. The van der Waals surface area contributed by atoms with Gasteiger partial charge in [-0.25, -0.2) is 4.39 Å². The highest BCUT2D eigenvalue weighted by atomic mass is 19.1. The van der Waals surface area contributed by atoms with Crippen molar-refractivity contribution < 1.29 is 13.9 Å². The summed E-state index contributed by atoms with van der Waals surface area (Å²) in [4.78, 5) is 11.4. The number of Topliss-reactive ketones (excluding diaryl/α,β-unsaturated/α-hetero) is 1. The maximum absolute atomic E-state index is 14.8. The summed E-state index contributed by atoms with van der Waals surface area (Å²) in [7, 11) is 0. The molecule has 1 saturated carbocycles. The maximum Gasteiger partial charge on any atom is 0.159 e. The molecule has 3 rings (SSSR count). The van der Waals surface area contributed by atoms with Crippen LogP contribution in [0.15, 0.2) is 42.5 Å². The molecule has 1 fully saturated rings. The first-order chi connectivity index (χ1) is 14.1. The summed E-state index contributed by atoms with van der Waals surface area (Å²) in [5.74, 6) is 0.249. The van der Waals surface area contributed by atoms with E-state index >= 15 is 0 Å². The fourth-order valence-electron chi connectivity index (χ4n) is 4.25. The Morgan fingerprint density at radius 1 is 1.00 bits per heavy atom. The largest absolute Gasteiger partial charge is 0.378 e. The Bertz CT molecular complexity index is 789. The SMILES string of the molecule is CCCCCCOC1CCC(c2ccc(-c3ccc(C(C)=O)cc3)c(F)c2)CC1. The molecule has 0 heterocycles. The van der Waals surface area contributed by atoms with E-state index in [1.165, 1.54) is 26.2 Å². The first-order valence-electron chi connectivity index (χ1n) is 11.1. The third kappa shape index (κ3) is 5.99. The van der Waals surface area contributed by atoms with Crippen molar-refractivity contribution in [3.8, 4) is 11.1 Å². The minimum Gasteiger partial charge on any atom is -0.378 e. The molecule has 0 amide bonds. The molecule has 0 unspecified atom stereocenters. The van der Waals surface area contributed by atoms with E-state index in [4.69, 9.17) is 4.74 Å². The number of rotatable bonds is 9. The van der Waals surface area contributed by atoms with Gasteiger partial charge in [-0.05, 0) is 62.1 Å². The van der Waals surface area contributed by atoms with Crippen molar-refractivity contribution in [2.45, 2.75) is 77.2 Å². The summed E-state index contributed by atoms with van der Waals surface area (Å²) < 4.78 is 20.8. The molecule has 0 radical (unpaired) electrons. The van der Waals surface area contributed by atoms with Gasteiger partial charge in [0, 0.05) is 17.7 Å². The third-order valence-electron chi connectivity index (χ3n) is 6.09. The van der Waals surface area contributed by atoms with Crippen LogP contribution in [0.2, 0.25) is 0 Å². The Kier molecular flexibility index (Phi) is 8.00. The Morgan fingerprint density at radius 3 is 2.34 bits per heavy atom. The number of benzene rings is 2. The van der Waals surface area contributed by atoms with Crippen LogP contribution in [0.1, 0.15) is 87.1 Å². The molecule has 2 aromatic carbocycles. The van der Waals surface area contributed by atoms with Crippen molar-refractivity contribution in [1.82, 2.24) is 0 Å². The number of halogens is 1. The van der Waals surface area contributed by atoms with Gasteiger partial charge in [0.2, 0.25) is 0 Å². The zero-order valence-electron chi connectivity index (χ0n) is 17.8. The lowest BCUT2D eigenvalue weighted by Gasteiger charge is -2.29. The van der Waals surface area contributed by atoms with Gasteiger partial charge in [-0.15, -0.1) is 0 Å². The van der Waals surface area contributed by atoms with Crippen LogP contribution in [-0.4, -0.2) is 18.5 Å². The van der Waals surface area contributed by atoms with E-state index in [-0.39, 0.29) is 11.6 Å². The van der Waals surface area contributed by atoms with Crippen molar-refractivity contribution >= 4 is 5.78 Å². The van der Waals surface area contributed by atoms with Gasteiger partial charge in [0.05, 0.1) is 6.10 Å². The van der Waals surface area contributed by atoms with E-state index < -0.39 is 0 Å². The molecule has 0 bridgehead atoms. The second-order valence-electron chi connectivity index (χ2n) is 8.28. The normalized spacial score (nSPS) is 19.3. The maximum atomic E-state index is 14.8. The summed E-state index contributed by atoms with van der Waals surface area (Å²) in [5.41, 5.74) is 3.13. The standard InChI is InChI=1S/C26H33FO2/c1-3-4-5-6-17-29-24-14-11-21(12-15-24)23-13-16-25(26(27)18-23)22-9-7-20(8-10-22)19(2)28/h7-10,13,16,18,21,24H,3-6,11-12,14-15,17H2,1-2H3. The predicted octanol–water partition coefficient (Wildman–Crippen LogP) is 7.32. The predicted molar refractivity (Wildman–Crippen MR) is 117 cm³/mol. The van der Waals surface area contributed by atoms with E-state index in [0.717, 1.165) is 49.8 Å². The van der Waals surface area contributed by atoms with E-state index in [2.05, 4.69) is 13.0 Å². The van der Waals surface area contributed by atoms with E-state index in [1.807, 2.05) is 18.2 Å². The van der Waals surface area contributed by atoms with Crippen LogP contribution in [0.4, 0.5) is 4.39 Å². The monoisotopic (exact) mass is 396 g/mol. The Balaban J connectivity index is 1.55. The van der Waals surface area contributed by atoms with Crippen LogP contribution >= 0.6 is 0 Å². The third-order valence-corrected chi connectivity index (χ3v) is 6.09. The lowest BCUT2D eigenvalue weighted by molar-refractivity contribution is 0.0226. The molecule has 0 aromatic heterocycles. The minimum absolute atomic E-state index is 0.0212. The van der Waals surface area contributed by atoms with Gasteiger partial charge in [-0.1, -0.05) is 62.6 Å². The molecule has 2 nitrogen and oxygen atoms in total. The van der Waals surface area contributed by atoms with Gasteiger partial charge < -0.3 is 4.74 Å². The summed E-state index contributed by atoms with van der Waals surface area (Å²) in [5, 5.41) is 0. The minimum atomic E-state index is -0.188. The molecule has 156 valence electrons. The lowest BCUT2D eigenvalue weighted by Crippen LogP contribution is -2.21. The van der Waals surface area contributed by atoms with Gasteiger partial charge in [0.25, 0.3) is 0 Å². The molecule has 3 heteroatoms. The van der Waals surface area contributed by atoms with Gasteiger partial charge in [0.1, 0.15) is 5.82 Å². The molecule has 0 saturated heterocycles. The van der Waals surface area contributed by atoms with Gasteiger partial charge >= 0.3 is 0 Å². The molecule has 1 aliphatic carbocycles. The zero-order valence-corrected chi connectivity index (χ0v) is 17.8. The van der Waals surface area contributed by atoms with Crippen molar-refractivity contribution in [1.29, 1.82) is 0 Å². The Hall–Kier alpha value is -2.00. The molecule has 1 aliphatic rings. The van der Waals surface area contributed by atoms with Crippen molar-refractivity contribution in [3.63, 3.8) is 0 Å². The lowest BCUT2D eigenvalue weighted by atomic mass is 9.82. The van der Waals surface area contributed by atoms with Gasteiger partial charge in [0.15, 0.2) is 5.78 Å². The first-order valence-corrected chi connectivity index (χ1v) is 11.1. The number of unbranched alkanes of at least 4 members (excludes halogenated alkanes) is 3. The van der Waals surface area contributed by atoms with E-state index in [9.17, 15) is 9.18 Å². The second-order valence-corrected chi connectivity index (χ2v) is 8.28. The van der Waals surface area contributed by atoms with Gasteiger partial charge in [-0.2, -0.15) is 0 Å². The van der Waals surface area contributed by atoms with Crippen molar-refractivity contribution in [2.24, 2.45) is 0 Å². The topological polar surface area (TPSA) is 26.3 Å². The van der Waals surface area contributed by atoms with E-state index in [0.29, 0.717) is 23.1 Å². The summed E-state index contributed by atoms with van der Waals surface area (Å²) in [6.07, 6.45) is 9.59. The number of hydrogen-bond donors (Lipinski definition) is 0. The number of ether oxygens (including phenoxy) is 1. The number of ketones is 1.